The van der Waals surface area contributed by atoms with Crippen molar-refractivity contribution < 1.29 is 8.42 Å². The summed E-state index contributed by atoms with van der Waals surface area (Å²) in [5, 5.41) is 0.0657. The number of hydrogen-bond acceptors (Lipinski definition) is 3. The van der Waals surface area contributed by atoms with Crippen molar-refractivity contribution in [3.05, 3.63) is 23.2 Å². The average Bonchev–Trinajstić information content (AvgIpc) is 2.14. The summed E-state index contributed by atoms with van der Waals surface area (Å²) in [5.41, 5.74) is 5.87. The van der Waals surface area contributed by atoms with Crippen LogP contribution in [-0.2, 0) is 10.0 Å². The van der Waals surface area contributed by atoms with E-state index in [1.165, 1.54) is 29.4 Å². The highest BCUT2D eigenvalue weighted by molar-refractivity contribution is 7.90. The Morgan fingerprint density at radius 3 is 2.56 bits per heavy atom. The van der Waals surface area contributed by atoms with Crippen molar-refractivity contribution in [2.75, 3.05) is 19.8 Å². The van der Waals surface area contributed by atoms with E-state index in [1.807, 2.05) is 0 Å². The molecule has 0 aliphatic carbocycles. The van der Waals surface area contributed by atoms with Gasteiger partial charge in [0.05, 0.1) is 5.02 Å². The predicted molar refractivity (Wildman–Crippen MR) is 65.2 cm³/mol. The molecule has 0 aliphatic heterocycles. The average molecular weight is 262 g/mol. The van der Waals surface area contributed by atoms with Crippen LogP contribution in [0.1, 0.15) is 0 Å². The Hall–Kier alpha value is -1.27. The van der Waals surface area contributed by atoms with Crippen LogP contribution in [0.15, 0.2) is 27.5 Å². The molecule has 0 saturated heterocycles. The topological polar surface area (TPSA) is 75.8 Å². The molecule has 1 aromatic carbocycles. The van der Waals surface area contributed by atoms with Crippen LogP contribution in [0.3, 0.4) is 0 Å². The van der Waals surface area contributed by atoms with Crippen LogP contribution in [0.4, 0.5) is 5.69 Å². The van der Waals surface area contributed by atoms with Crippen molar-refractivity contribution in [2.24, 2.45) is 4.40 Å². The Bertz CT molecular complexity index is 511. The van der Waals surface area contributed by atoms with Gasteiger partial charge in [-0.2, -0.15) is 8.42 Å². The first kappa shape index (κ1) is 12.8. The van der Waals surface area contributed by atoms with Gasteiger partial charge >= 0.3 is 0 Å². The fourth-order valence-corrected chi connectivity index (χ4v) is 2.39. The molecule has 5 nitrogen and oxygen atoms in total. The van der Waals surface area contributed by atoms with Crippen molar-refractivity contribution in [1.29, 1.82) is 0 Å². The van der Waals surface area contributed by atoms with Gasteiger partial charge < -0.3 is 10.6 Å². The third kappa shape index (κ3) is 3.11. The van der Waals surface area contributed by atoms with Gasteiger partial charge in [-0.15, -0.1) is 4.40 Å². The molecule has 0 aromatic heterocycles. The summed E-state index contributed by atoms with van der Waals surface area (Å²) in [5.74, 6) is 0. The number of nitrogens with zero attached hydrogens (tertiary/aromatic N) is 2. The zero-order chi connectivity index (χ0) is 12.3. The molecule has 0 heterocycles. The largest absolute Gasteiger partial charge is 0.399 e. The summed E-state index contributed by atoms with van der Waals surface area (Å²) in [7, 11) is -0.422. The predicted octanol–water partition coefficient (Wildman–Crippen LogP) is 1.20. The molecule has 88 valence electrons. The monoisotopic (exact) mass is 261 g/mol. The zero-order valence-corrected chi connectivity index (χ0v) is 10.5. The molecule has 0 spiro atoms. The summed E-state index contributed by atoms with van der Waals surface area (Å²) in [6.07, 6.45) is 1.20. The Morgan fingerprint density at radius 1 is 1.44 bits per heavy atom. The van der Waals surface area contributed by atoms with Crippen LogP contribution in [0.25, 0.3) is 0 Å². The molecule has 0 bridgehead atoms. The van der Waals surface area contributed by atoms with Gasteiger partial charge in [0.2, 0.25) is 0 Å². The minimum Gasteiger partial charge on any atom is -0.399 e. The van der Waals surface area contributed by atoms with Crippen LogP contribution in [-0.4, -0.2) is 33.8 Å². The van der Waals surface area contributed by atoms with Crippen LogP contribution in [0, 0.1) is 0 Å². The first-order valence-corrected chi connectivity index (χ1v) is 6.16. The van der Waals surface area contributed by atoms with Crippen molar-refractivity contribution in [1.82, 2.24) is 4.90 Å². The number of hydrogen-bond donors (Lipinski definition) is 1. The number of nitrogens with two attached hydrogens (primary N) is 1. The van der Waals surface area contributed by atoms with E-state index < -0.39 is 10.0 Å². The number of rotatable bonds is 3. The lowest BCUT2D eigenvalue weighted by molar-refractivity contribution is 0.595. The zero-order valence-electron chi connectivity index (χ0n) is 8.88. The molecule has 0 unspecified atom stereocenters. The van der Waals surface area contributed by atoms with E-state index in [0.717, 1.165) is 0 Å². The Kier molecular flexibility index (Phi) is 3.77. The highest BCUT2D eigenvalue weighted by atomic mass is 35.5. The maximum atomic E-state index is 11.7. The maximum absolute atomic E-state index is 11.7. The summed E-state index contributed by atoms with van der Waals surface area (Å²) in [6, 6.07) is 4.17. The molecule has 0 amide bonds. The van der Waals surface area contributed by atoms with E-state index in [9.17, 15) is 8.42 Å². The number of halogens is 1. The lowest BCUT2D eigenvalue weighted by atomic mass is 10.3. The van der Waals surface area contributed by atoms with Crippen LogP contribution in [0.5, 0.6) is 0 Å². The maximum Gasteiger partial charge on any atom is 0.285 e. The Morgan fingerprint density at radius 2 is 2.06 bits per heavy atom. The first-order chi connectivity index (χ1) is 7.33. The minimum absolute atomic E-state index is 0.0542. The number of sulfonamides is 1. The third-order valence-electron chi connectivity index (χ3n) is 1.65. The molecular weight excluding hydrogens is 250 g/mol. The number of benzene rings is 1. The molecular formula is C9H12ClN3O2S. The van der Waals surface area contributed by atoms with Crippen LogP contribution in [0.2, 0.25) is 5.02 Å². The van der Waals surface area contributed by atoms with Crippen molar-refractivity contribution >= 4 is 33.7 Å². The van der Waals surface area contributed by atoms with Gasteiger partial charge in [0.15, 0.2) is 0 Å². The molecule has 0 fully saturated rings. The number of anilines is 1. The van der Waals surface area contributed by atoms with Gasteiger partial charge in [-0.25, -0.2) is 0 Å². The molecule has 0 radical (unpaired) electrons. The Labute approximate surface area is 99.6 Å². The van der Waals surface area contributed by atoms with Gasteiger partial charge in [0.25, 0.3) is 10.0 Å². The summed E-state index contributed by atoms with van der Waals surface area (Å²) in [4.78, 5) is 1.46. The SMILES string of the molecule is CN(C)C=NS(=O)(=O)c1ccc(N)cc1Cl. The smallest absolute Gasteiger partial charge is 0.285 e. The van der Waals surface area contributed by atoms with E-state index >= 15 is 0 Å². The Balaban J connectivity index is 3.18. The molecule has 2 N–H and O–H groups in total. The summed E-state index contributed by atoms with van der Waals surface area (Å²) < 4.78 is 26.9. The van der Waals surface area contributed by atoms with Crippen LogP contribution >= 0.6 is 11.6 Å². The van der Waals surface area contributed by atoms with Crippen LogP contribution < -0.4 is 5.73 Å². The van der Waals surface area contributed by atoms with E-state index in [4.69, 9.17) is 17.3 Å². The molecule has 0 aliphatic rings. The van der Waals surface area contributed by atoms with Gasteiger partial charge in [-0.3, -0.25) is 0 Å². The second-order valence-corrected chi connectivity index (χ2v) is 5.36. The molecule has 0 saturated carbocycles. The third-order valence-corrected chi connectivity index (χ3v) is 3.36. The molecule has 7 heteroatoms. The van der Waals surface area contributed by atoms with E-state index in [0.29, 0.717) is 5.69 Å². The fraction of sp³-hybridized carbons (Fsp3) is 0.222. The van der Waals surface area contributed by atoms with Gasteiger partial charge in [0, 0.05) is 19.8 Å². The second-order valence-electron chi connectivity index (χ2n) is 3.35. The highest BCUT2D eigenvalue weighted by Crippen LogP contribution is 2.24. The first-order valence-electron chi connectivity index (χ1n) is 4.35. The van der Waals surface area contributed by atoms with Gasteiger partial charge in [0.1, 0.15) is 11.2 Å². The molecule has 1 aromatic rings. The summed E-state index contributed by atoms with van der Waals surface area (Å²) in [6.45, 7) is 0. The van der Waals surface area contributed by atoms with E-state index in [2.05, 4.69) is 4.40 Å². The lowest BCUT2D eigenvalue weighted by Crippen LogP contribution is -2.10. The van der Waals surface area contributed by atoms with Crippen molar-refractivity contribution in [2.45, 2.75) is 4.90 Å². The van der Waals surface area contributed by atoms with Gasteiger partial charge in [-0.1, -0.05) is 11.6 Å². The normalized spacial score (nSPS) is 11.9. The quantitative estimate of drug-likeness (QED) is 0.504. The molecule has 16 heavy (non-hydrogen) atoms. The van der Waals surface area contributed by atoms with Gasteiger partial charge in [-0.05, 0) is 18.2 Å². The highest BCUT2D eigenvalue weighted by Gasteiger charge is 2.16. The van der Waals surface area contributed by atoms with Crippen molar-refractivity contribution in [3.8, 4) is 0 Å². The van der Waals surface area contributed by atoms with E-state index in [1.54, 1.807) is 14.1 Å². The molecule has 1 rings (SSSR count). The lowest BCUT2D eigenvalue weighted by Gasteiger charge is -2.05. The van der Waals surface area contributed by atoms with E-state index in [-0.39, 0.29) is 9.92 Å². The standard InChI is InChI=1S/C9H12ClN3O2S/c1-13(2)6-12-16(14,15)9-4-3-7(11)5-8(9)10/h3-6H,11H2,1-2H3. The number of nitrogen functional groups attached to an aromatic ring is 1. The summed E-state index contributed by atoms with van der Waals surface area (Å²) >= 11 is 5.78. The second kappa shape index (κ2) is 4.71. The molecule has 0 atom stereocenters. The fourth-order valence-electron chi connectivity index (χ4n) is 0.939. The van der Waals surface area contributed by atoms with Crippen molar-refractivity contribution in [3.63, 3.8) is 0 Å². The minimum atomic E-state index is -3.76.